The van der Waals surface area contributed by atoms with Gasteiger partial charge in [-0.25, -0.2) is 18.7 Å². The lowest BCUT2D eigenvalue weighted by Gasteiger charge is -2.51. The van der Waals surface area contributed by atoms with Crippen molar-refractivity contribution in [3.8, 4) is 5.75 Å². The van der Waals surface area contributed by atoms with Gasteiger partial charge in [-0.05, 0) is 51.7 Å². The third kappa shape index (κ3) is 3.94. The number of pyridine rings is 2. The molecule has 3 aliphatic rings. The van der Waals surface area contributed by atoms with E-state index in [0.717, 1.165) is 31.4 Å². The SMILES string of the molecule is CCOc1cc2nc(C34CCC(C)(CC3)OC4)cn2cc1NC(=O)c1cccc(C(F)F)n1. The molecule has 3 fully saturated rings. The molecule has 33 heavy (non-hydrogen) atoms. The highest BCUT2D eigenvalue weighted by Gasteiger charge is 2.49. The number of alkyl halides is 2. The third-order valence-electron chi connectivity index (χ3n) is 6.83. The van der Waals surface area contributed by atoms with E-state index in [4.69, 9.17) is 14.5 Å². The molecule has 0 aromatic carbocycles. The Balaban J connectivity index is 1.47. The first-order chi connectivity index (χ1) is 15.8. The van der Waals surface area contributed by atoms with Crippen molar-refractivity contribution in [3.05, 3.63) is 53.7 Å². The van der Waals surface area contributed by atoms with Gasteiger partial charge in [0.15, 0.2) is 0 Å². The number of amides is 1. The zero-order valence-electron chi connectivity index (χ0n) is 18.6. The number of nitrogens with zero attached hydrogens (tertiary/aromatic N) is 3. The lowest BCUT2D eigenvalue weighted by atomic mass is 9.65. The number of rotatable bonds is 6. The summed E-state index contributed by atoms with van der Waals surface area (Å²) < 4.78 is 39.7. The minimum absolute atomic E-state index is 0.0177. The van der Waals surface area contributed by atoms with Gasteiger partial charge in [-0.2, -0.15) is 0 Å². The van der Waals surface area contributed by atoms with Crippen LogP contribution in [0.5, 0.6) is 5.75 Å². The standard InChI is InChI=1S/C24H26F2N4O3/c1-3-32-18-11-20-29-19(24-9-7-23(2,8-10-24)33-14-24)13-30(20)12-17(18)28-22(31)16-6-4-5-15(27-16)21(25)26/h4-6,11-13,21H,3,7-10,14H2,1-2H3,(H,28,31). The number of fused-ring (bicyclic) bond motifs is 4. The van der Waals surface area contributed by atoms with Crippen LogP contribution < -0.4 is 10.1 Å². The van der Waals surface area contributed by atoms with Crippen LogP contribution in [0.1, 0.15) is 67.8 Å². The molecule has 1 N–H and O–H groups in total. The fraction of sp³-hybridized carbons (Fsp3) is 0.458. The second-order valence-corrected chi connectivity index (χ2v) is 9.10. The Bertz CT molecular complexity index is 1190. The summed E-state index contributed by atoms with van der Waals surface area (Å²) in [5, 5.41) is 2.75. The number of hydrogen-bond acceptors (Lipinski definition) is 5. The summed E-state index contributed by atoms with van der Waals surface area (Å²) in [4.78, 5) is 21.4. The fourth-order valence-electron chi connectivity index (χ4n) is 4.71. The molecule has 2 saturated heterocycles. The quantitative estimate of drug-likeness (QED) is 0.570. The summed E-state index contributed by atoms with van der Waals surface area (Å²) in [5.41, 5.74) is 1.44. The van der Waals surface area contributed by atoms with E-state index in [0.29, 0.717) is 30.3 Å². The van der Waals surface area contributed by atoms with Crippen molar-refractivity contribution in [2.24, 2.45) is 0 Å². The van der Waals surface area contributed by atoms with Crippen molar-refractivity contribution in [2.45, 2.75) is 57.0 Å². The minimum atomic E-state index is -2.75. The van der Waals surface area contributed by atoms with Crippen LogP contribution in [0.3, 0.4) is 0 Å². The number of ether oxygens (including phenoxy) is 2. The van der Waals surface area contributed by atoms with Gasteiger partial charge < -0.3 is 19.2 Å². The van der Waals surface area contributed by atoms with Gasteiger partial charge in [-0.3, -0.25) is 4.79 Å². The van der Waals surface area contributed by atoms with Gasteiger partial charge >= 0.3 is 0 Å². The topological polar surface area (TPSA) is 77.8 Å². The summed E-state index contributed by atoms with van der Waals surface area (Å²) in [6.07, 6.45) is 5.04. The molecule has 2 bridgehead atoms. The van der Waals surface area contributed by atoms with Crippen molar-refractivity contribution in [3.63, 3.8) is 0 Å². The van der Waals surface area contributed by atoms with Crippen LogP contribution in [0.15, 0.2) is 36.7 Å². The number of hydrogen-bond donors (Lipinski definition) is 1. The zero-order valence-corrected chi connectivity index (χ0v) is 18.6. The first kappa shape index (κ1) is 21.8. The van der Waals surface area contributed by atoms with Crippen molar-refractivity contribution in [1.82, 2.24) is 14.4 Å². The molecule has 0 radical (unpaired) electrons. The molecule has 7 nitrogen and oxygen atoms in total. The van der Waals surface area contributed by atoms with Crippen LogP contribution in [-0.4, -0.2) is 39.1 Å². The number of carbonyl (C=O) groups is 1. The van der Waals surface area contributed by atoms with E-state index in [2.05, 4.69) is 17.2 Å². The van der Waals surface area contributed by atoms with Crippen molar-refractivity contribution in [2.75, 3.05) is 18.5 Å². The average molecular weight is 456 g/mol. The smallest absolute Gasteiger partial charge is 0.280 e. The van der Waals surface area contributed by atoms with Gasteiger partial charge in [0, 0.05) is 23.9 Å². The molecule has 9 heteroatoms. The number of halogens is 2. The Labute approximate surface area is 190 Å². The molecule has 2 aliphatic heterocycles. The second kappa shape index (κ2) is 8.06. The van der Waals surface area contributed by atoms with Crippen molar-refractivity contribution >= 4 is 17.2 Å². The van der Waals surface area contributed by atoms with Gasteiger partial charge in [0.2, 0.25) is 0 Å². The fourth-order valence-corrected chi connectivity index (χ4v) is 4.71. The van der Waals surface area contributed by atoms with Crippen LogP contribution >= 0.6 is 0 Å². The molecule has 174 valence electrons. The van der Waals surface area contributed by atoms with E-state index in [9.17, 15) is 13.6 Å². The maximum atomic E-state index is 13.0. The van der Waals surface area contributed by atoms with E-state index in [1.54, 1.807) is 12.3 Å². The molecule has 6 rings (SSSR count). The highest BCUT2D eigenvalue weighted by molar-refractivity contribution is 6.03. The van der Waals surface area contributed by atoms with E-state index in [-0.39, 0.29) is 16.7 Å². The first-order valence-electron chi connectivity index (χ1n) is 11.2. The molecule has 5 heterocycles. The number of carbonyl (C=O) groups excluding carboxylic acids is 1. The molecule has 3 aromatic heterocycles. The lowest BCUT2D eigenvalue weighted by Crippen LogP contribution is -2.51. The van der Waals surface area contributed by atoms with Crippen LogP contribution in [0, 0.1) is 0 Å². The highest BCUT2D eigenvalue weighted by atomic mass is 19.3. The molecular weight excluding hydrogens is 430 g/mol. The monoisotopic (exact) mass is 456 g/mol. The van der Waals surface area contributed by atoms with Gasteiger partial charge in [0.05, 0.1) is 24.5 Å². The predicted molar refractivity (Wildman–Crippen MR) is 118 cm³/mol. The lowest BCUT2D eigenvalue weighted by molar-refractivity contribution is -0.146. The summed E-state index contributed by atoms with van der Waals surface area (Å²) in [5.74, 6) is -0.141. The Hall–Kier alpha value is -3.07. The predicted octanol–water partition coefficient (Wildman–Crippen LogP) is 4.92. The van der Waals surface area contributed by atoms with E-state index in [1.807, 2.05) is 17.5 Å². The van der Waals surface area contributed by atoms with Crippen LogP contribution in [0.2, 0.25) is 0 Å². The second-order valence-electron chi connectivity index (χ2n) is 9.10. The van der Waals surface area contributed by atoms with Gasteiger partial charge in [-0.1, -0.05) is 6.07 Å². The van der Waals surface area contributed by atoms with E-state index < -0.39 is 18.0 Å². The van der Waals surface area contributed by atoms with E-state index >= 15 is 0 Å². The number of anilines is 1. The molecular formula is C24H26F2N4O3. The van der Waals surface area contributed by atoms with Gasteiger partial charge in [-0.15, -0.1) is 0 Å². The van der Waals surface area contributed by atoms with E-state index in [1.165, 1.54) is 18.2 Å². The summed E-state index contributed by atoms with van der Waals surface area (Å²) in [6, 6.07) is 5.75. The average Bonchev–Trinajstić information content (AvgIpc) is 3.24. The first-order valence-corrected chi connectivity index (χ1v) is 11.2. The van der Waals surface area contributed by atoms with Crippen molar-refractivity contribution in [1.29, 1.82) is 0 Å². The summed E-state index contributed by atoms with van der Waals surface area (Å²) >= 11 is 0. The van der Waals surface area contributed by atoms with Crippen molar-refractivity contribution < 1.29 is 23.0 Å². The summed E-state index contributed by atoms with van der Waals surface area (Å²) in [6.45, 7) is 5.07. The largest absolute Gasteiger partial charge is 0.491 e. The number of aromatic nitrogens is 3. The van der Waals surface area contributed by atoms with Crippen LogP contribution in [-0.2, 0) is 10.2 Å². The molecule has 0 atom stereocenters. The Morgan fingerprint density at radius 1 is 1.24 bits per heavy atom. The normalized spacial score (nSPS) is 24.4. The Kier molecular flexibility index (Phi) is 5.31. The molecule has 0 spiro atoms. The maximum absolute atomic E-state index is 13.0. The minimum Gasteiger partial charge on any atom is -0.491 e. The van der Waals surface area contributed by atoms with Crippen LogP contribution in [0.25, 0.3) is 5.65 Å². The Morgan fingerprint density at radius 2 is 2.03 bits per heavy atom. The molecule has 1 saturated carbocycles. The molecule has 0 unspecified atom stereocenters. The molecule has 1 aliphatic carbocycles. The van der Waals surface area contributed by atoms with Gasteiger partial charge in [0.1, 0.15) is 28.5 Å². The molecule has 3 aromatic rings. The third-order valence-corrected chi connectivity index (χ3v) is 6.83. The maximum Gasteiger partial charge on any atom is 0.280 e. The number of nitrogens with one attached hydrogen (secondary N) is 1. The van der Waals surface area contributed by atoms with Gasteiger partial charge in [0.25, 0.3) is 12.3 Å². The van der Waals surface area contributed by atoms with Crippen LogP contribution in [0.4, 0.5) is 14.5 Å². The Morgan fingerprint density at radius 3 is 2.70 bits per heavy atom. The highest BCUT2D eigenvalue weighted by Crippen LogP contribution is 2.49. The number of imidazole rings is 1. The summed E-state index contributed by atoms with van der Waals surface area (Å²) in [7, 11) is 0. The zero-order chi connectivity index (χ0) is 23.2. The molecule has 1 amide bonds.